The molecule has 0 saturated carbocycles. The number of guanidine groups is 2. The van der Waals surface area contributed by atoms with Gasteiger partial charge >= 0.3 is 11.9 Å². The van der Waals surface area contributed by atoms with E-state index in [2.05, 4.69) is 31.3 Å². The normalized spacial score (nSPS) is 13.9. The van der Waals surface area contributed by atoms with Crippen LogP contribution in [0, 0.1) is 0 Å². The van der Waals surface area contributed by atoms with Crippen LogP contribution in [0.2, 0.25) is 0 Å². The van der Waals surface area contributed by atoms with Crippen molar-refractivity contribution in [3.05, 3.63) is 29.8 Å². The van der Waals surface area contributed by atoms with Crippen LogP contribution in [-0.2, 0) is 40.0 Å². The zero-order valence-corrected chi connectivity index (χ0v) is 29.7. The van der Waals surface area contributed by atoms with Gasteiger partial charge in [-0.2, -0.15) is 0 Å². The summed E-state index contributed by atoms with van der Waals surface area (Å²) in [5.74, 6) is -8.91. The Balaban J connectivity index is 3.22. The monoisotopic (exact) mass is 782 g/mol. The Kier molecular flexibility index (Phi) is 20.5. The number of aliphatic carboxylic acids is 2. The lowest BCUT2D eigenvalue weighted by molar-refractivity contribution is -0.147. The van der Waals surface area contributed by atoms with Crippen molar-refractivity contribution in [2.45, 2.75) is 74.8 Å². The van der Waals surface area contributed by atoms with Crippen molar-refractivity contribution in [2.75, 3.05) is 26.3 Å². The zero-order chi connectivity index (χ0) is 41.7. The number of phenols is 1. The third-order valence-corrected chi connectivity index (χ3v) is 7.52. The van der Waals surface area contributed by atoms with Gasteiger partial charge in [0.2, 0.25) is 29.5 Å². The number of aromatic hydroxyl groups is 1. The lowest BCUT2D eigenvalue weighted by Gasteiger charge is -2.26. The van der Waals surface area contributed by atoms with Crippen molar-refractivity contribution in [3.63, 3.8) is 0 Å². The molecule has 0 bridgehead atoms. The van der Waals surface area contributed by atoms with Gasteiger partial charge in [0.05, 0.1) is 25.7 Å². The van der Waals surface area contributed by atoms with E-state index in [1.54, 1.807) is 0 Å². The van der Waals surface area contributed by atoms with Crippen LogP contribution in [0.5, 0.6) is 5.75 Å². The Morgan fingerprint density at radius 2 is 1.02 bits per heavy atom. The fourth-order valence-corrected chi connectivity index (χ4v) is 4.63. The quantitative estimate of drug-likeness (QED) is 0.0249. The summed E-state index contributed by atoms with van der Waals surface area (Å²) in [6, 6.07) is -3.81. The van der Waals surface area contributed by atoms with Crippen molar-refractivity contribution in [1.82, 2.24) is 26.6 Å². The van der Waals surface area contributed by atoms with Gasteiger partial charge in [-0.1, -0.05) is 12.1 Å². The van der Waals surface area contributed by atoms with E-state index in [0.29, 0.717) is 12.0 Å². The topological polar surface area (TPSA) is 436 Å². The number of amides is 5. The van der Waals surface area contributed by atoms with Crippen LogP contribution in [0.3, 0.4) is 0 Å². The maximum absolute atomic E-state index is 13.5. The van der Waals surface area contributed by atoms with Gasteiger partial charge in [0, 0.05) is 19.5 Å². The second-order valence-electron chi connectivity index (χ2n) is 12.0. The molecule has 0 aliphatic carbocycles. The summed E-state index contributed by atoms with van der Waals surface area (Å²) in [4.78, 5) is 95.8. The maximum atomic E-state index is 13.5. The Morgan fingerprint density at radius 3 is 1.47 bits per heavy atom. The van der Waals surface area contributed by atoms with Gasteiger partial charge in [-0.3, -0.25) is 38.8 Å². The van der Waals surface area contributed by atoms with E-state index in [0.717, 1.165) is 0 Å². The molecule has 55 heavy (non-hydrogen) atoms. The smallest absolute Gasteiger partial charge is 0.326 e. The molecule has 20 N–H and O–H groups in total. The number of nitrogens with zero attached hydrogens (tertiary/aromatic N) is 2. The highest BCUT2D eigenvalue weighted by Crippen LogP contribution is 2.12. The number of hydrogen-bond acceptors (Lipinski definition) is 13. The number of carbonyl (C=O) groups is 7. The predicted octanol–water partition coefficient (Wildman–Crippen LogP) is -6.66. The fourth-order valence-electron chi connectivity index (χ4n) is 4.63. The molecule has 24 nitrogen and oxygen atoms in total. The fraction of sp³-hybridized carbons (Fsp3) is 0.516. The number of carbonyl (C=O) groups excluding carboxylic acids is 5. The molecular formula is C31H50N12O12. The first-order chi connectivity index (χ1) is 25.9. The highest BCUT2D eigenvalue weighted by molar-refractivity contribution is 5.96. The van der Waals surface area contributed by atoms with Crippen LogP contribution < -0.4 is 55.3 Å². The average Bonchev–Trinajstić information content (AvgIpc) is 3.11. The summed E-state index contributed by atoms with van der Waals surface area (Å²) in [6.07, 6.45) is -0.879. The van der Waals surface area contributed by atoms with Crippen molar-refractivity contribution in [2.24, 2.45) is 38.7 Å². The molecule has 1 aromatic carbocycles. The second-order valence-corrected chi connectivity index (χ2v) is 12.0. The Morgan fingerprint density at radius 1 is 0.600 bits per heavy atom. The lowest BCUT2D eigenvalue weighted by atomic mass is 10.0. The Labute approximate surface area is 314 Å². The van der Waals surface area contributed by atoms with E-state index in [9.17, 15) is 54.0 Å². The molecule has 306 valence electrons. The molecule has 0 radical (unpaired) electrons. The number of carboxylic acids is 2. The zero-order valence-electron chi connectivity index (χ0n) is 29.7. The van der Waals surface area contributed by atoms with Crippen LogP contribution in [0.4, 0.5) is 0 Å². The van der Waals surface area contributed by atoms with E-state index in [1.165, 1.54) is 24.3 Å². The molecule has 0 heterocycles. The van der Waals surface area contributed by atoms with Gasteiger partial charge in [0.15, 0.2) is 11.9 Å². The molecule has 6 atom stereocenters. The minimum absolute atomic E-state index is 0.0311. The van der Waals surface area contributed by atoms with Crippen LogP contribution in [-0.4, -0.2) is 141 Å². The van der Waals surface area contributed by atoms with Crippen LogP contribution >= 0.6 is 0 Å². The number of phenolic OH excluding ortho intramolecular Hbond substituents is 1. The van der Waals surface area contributed by atoms with Gasteiger partial charge in [0.25, 0.3) is 0 Å². The van der Waals surface area contributed by atoms with Gasteiger partial charge < -0.3 is 80.8 Å². The van der Waals surface area contributed by atoms with Crippen molar-refractivity contribution >= 4 is 53.4 Å². The number of hydrogen-bond donors (Lipinski definition) is 15. The molecule has 0 fully saturated rings. The van der Waals surface area contributed by atoms with Crippen molar-refractivity contribution in [3.8, 4) is 5.75 Å². The molecule has 0 aromatic heterocycles. The number of nitrogens with one attached hydrogen (secondary N) is 5. The van der Waals surface area contributed by atoms with Gasteiger partial charge in [-0.25, -0.2) is 4.79 Å². The average molecular weight is 783 g/mol. The SMILES string of the molecule is NC(N)=NCCC[C@H](NC(=O)[C@H](CO)NC(=O)[C@H](Cc1ccc(O)cc1)NC(=O)[C@@H](N)CCCN=C(N)N)C(=O)N[C@@H](CO)C(=O)N[C@@H](CC(=O)O)C(=O)O. The highest BCUT2D eigenvalue weighted by Gasteiger charge is 2.33. The van der Waals surface area contributed by atoms with E-state index in [1.807, 2.05) is 5.32 Å². The number of aliphatic imine (C=N–C) groups is 2. The molecule has 1 aromatic rings. The molecule has 0 aliphatic heterocycles. The van der Waals surface area contributed by atoms with E-state index < -0.39 is 97.4 Å². The molecule has 1 rings (SSSR count). The van der Waals surface area contributed by atoms with Crippen LogP contribution in [0.1, 0.15) is 37.7 Å². The maximum Gasteiger partial charge on any atom is 0.326 e. The Hall–Kier alpha value is -6.27. The standard InChI is InChI=1S/C31H50N12O12/c32-17(3-1-9-37-30(33)34)24(49)40-19(11-15-5-7-16(46)8-6-15)26(51)43-21(13-44)27(52)39-18(4-2-10-38-31(35)36)25(50)42-22(14-45)28(53)41-20(29(54)55)12-23(47)48/h5-8,17-22,44-46H,1-4,9-14,32H2,(H,39,52)(H,40,49)(H,41,53)(H,42,50)(H,43,51)(H,47,48)(H,54,55)(H4,33,34,37)(H4,35,36,38)/t17-,18-,19-,20-,21-,22-/m0/s1. The molecule has 24 heteroatoms. The minimum Gasteiger partial charge on any atom is -0.508 e. The van der Waals surface area contributed by atoms with E-state index in [-0.39, 0.29) is 56.4 Å². The summed E-state index contributed by atoms with van der Waals surface area (Å²) in [7, 11) is 0. The number of carboxylic acid groups (broad SMARTS) is 2. The van der Waals surface area contributed by atoms with E-state index >= 15 is 0 Å². The van der Waals surface area contributed by atoms with Gasteiger partial charge in [-0.05, 0) is 43.4 Å². The molecule has 5 amide bonds. The number of benzene rings is 1. The van der Waals surface area contributed by atoms with Crippen molar-refractivity contribution in [1.29, 1.82) is 0 Å². The first-order valence-electron chi connectivity index (χ1n) is 16.7. The van der Waals surface area contributed by atoms with Crippen LogP contribution in [0.25, 0.3) is 0 Å². The van der Waals surface area contributed by atoms with Crippen LogP contribution in [0.15, 0.2) is 34.3 Å². The summed E-state index contributed by atoms with van der Waals surface area (Å²) in [6.45, 7) is -1.93. The summed E-state index contributed by atoms with van der Waals surface area (Å²) in [5.41, 5.74) is 27.7. The first-order valence-corrected chi connectivity index (χ1v) is 16.7. The second kappa shape index (κ2) is 24.1. The Bertz CT molecular complexity index is 1530. The summed E-state index contributed by atoms with van der Waals surface area (Å²) in [5, 5.41) is 58.8. The number of aliphatic hydroxyl groups is 2. The number of nitrogens with two attached hydrogens (primary N) is 5. The largest absolute Gasteiger partial charge is 0.508 e. The van der Waals surface area contributed by atoms with E-state index in [4.69, 9.17) is 33.8 Å². The van der Waals surface area contributed by atoms with Gasteiger partial charge in [-0.15, -0.1) is 0 Å². The molecule has 0 spiro atoms. The van der Waals surface area contributed by atoms with Crippen molar-refractivity contribution < 1.29 is 59.1 Å². The molecule has 0 saturated heterocycles. The molecule has 0 unspecified atom stereocenters. The molecular weight excluding hydrogens is 732 g/mol. The van der Waals surface area contributed by atoms with Gasteiger partial charge in [0.1, 0.15) is 36.0 Å². The first kappa shape index (κ1) is 46.8. The minimum atomic E-state index is -1.91. The lowest BCUT2D eigenvalue weighted by Crippen LogP contribution is -2.60. The third-order valence-electron chi connectivity index (χ3n) is 7.52. The number of rotatable bonds is 25. The third kappa shape index (κ3) is 18.4. The molecule has 0 aliphatic rings. The summed E-state index contributed by atoms with van der Waals surface area (Å²) < 4.78 is 0. The predicted molar refractivity (Wildman–Crippen MR) is 193 cm³/mol. The number of aliphatic hydroxyl groups excluding tert-OH is 2. The highest BCUT2D eigenvalue weighted by atomic mass is 16.4. The summed E-state index contributed by atoms with van der Waals surface area (Å²) >= 11 is 0.